The number of rotatable bonds is 0. The van der Waals surface area contributed by atoms with E-state index in [1.807, 2.05) is 0 Å². The fourth-order valence-electron chi connectivity index (χ4n) is 0. The first-order valence-corrected chi connectivity index (χ1v) is 0. The van der Waals surface area contributed by atoms with Crippen molar-refractivity contribution in [1.82, 2.24) is 0 Å². The van der Waals surface area contributed by atoms with Gasteiger partial charge in [-0.3, -0.25) is 0 Å². The summed E-state index contributed by atoms with van der Waals surface area (Å²) >= 11 is 0. The van der Waals surface area contributed by atoms with Crippen LogP contribution in [0.2, 0.25) is 0 Å². The molecular weight excluding hydrogens is 879 g/mol. The van der Waals surface area contributed by atoms with Crippen LogP contribution in [0.15, 0.2) is 0 Å². The van der Waals surface area contributed by atoms with Crippen molar-refractivity contribution in [3.8, 4) is 0 Å². The van der Waals surface area contributed by atoms with Crippen LogP contribution in [0, 0.1) is 205 Å². The maximum Gasteiger partial charge on any atom is 0 e. The molecule has 0 aromatic carbocycles. The van der Waals surface area contributed by atoms with Gasteiger partial charge in [-0.05, 0) is 0 Å². The molecule has 0 aliphatic heterocycles. The van der Waals surface area contributed by atoms with Gasteiger partial charge in [-0.15, -0.1) is 0 Å². The zero-order valence-corrected chi connectivity index (χ0v) is 13.7. The molecule has 0 nitrogen and oxygen atoms in total. The van der Waals surface area contributed by atoms with Gasteiger partial charge in [0.05, 0.1) is 0 Å². The SMILES string of the molecule is [Eu].[Ho].[LiH].[Lu].[Nd].[RbH].[Sm]. The summed E-state index contributed by atoms with van der Waals surface area (Å²) in [5.74, 6) is 0. The Morgan fingerprint density at radius 3 is 1.00 bits per heavy atom. The van der Waals surface area contributed by atoms with Crippen LogP contribution in [0.1, 0.15) is 0 Å². The van der Waals surface area contributed by atoms with Crippen LogP contribution in [0.3, 0.4) is 0 Å². The third-order valence-corrected chi connectivity index (χ3v) is 0. The molecule has 7 heteroatoms. The van der Waals surface area contributed by atoms with Crippen molar-refractivity contribution >= 4 is 77.0 Å². The minimum absolute atomic E-state index is 0. The quantitative estimate of drug-likeness (QED) is 0.266. The minimum atomic E-state index is 0. The molecule has 0 aliphatic rings. The predicted octanol–water partition coefficient (Wildman–Crippen LogP) is -1.30. The van der Waals surface area contributed by atoms with Gasteiger partial charge >= 0.3 is 77.0 Å². The van der Waals surface area contributed by atoms with Gasteiger partial charge in [0.1, 0.15) is 0 Å². The Labute approximate surface area is 271 Å². The maximum absolute atomic E-state index is 0. The minimum Gasteiger partial charge on any atom is 0 e. The maximum atomic E-state index is 0. The smallest absolute Gasteiger partial charge is 0 e. The third kappa shape index (κ3) is 31.3. The molecule has 0 saturated carbocycles. The first kappa shape index (κ1) is 44.3. The standard InChI is InChI=1S/Eu.Ho.Li.Lu.Nd.Rb.Sm.2H. The van der Waals surface area contributed by atoms with E-state index in [-0.39, 0.29) is 282 Å². The molecule has 3 radical (unpaired) electrons. The van der Waals surface area contributed by atoms with E-state index >= 15 is 0 Å². The van der Waals surface area contributed by atoms with Gasteiger partial charge in [0.2, 0.25) is 0 Å². The Hall–Kier alpha value is 9.17. The van der Waals surface area contributed by atoms with E-state index in [0.29, 0.717) is 0 Å². The third-order valence-electron chi connectivity index (χ3n) is 0. The summed E-state index contributed by atoms with van der Waals surface area (Å²) in [6, 6.07) is 0. The summed E-state index contributed by atoms with van der Waals surface area (Å²) in [6.45, 7) is 0. The van der Waals surface area contributed by atoms with Crippen molar-refractivity contribution in [3.63, 3.8) is 0 Å². The van der Waals surface area contributed by atoms with Gasteiger partial charge in [-0.2, -0.15) is 0 Å². The molecule has 0 spiro atoms. The Bertz CT molecular complexity index is 19.7. The van der Waals surface area contributed by atoms with Crippen molar-refractivity contribution in [3.05, 3.63) is 0 Å². The van der Waals surface area contributed by atoms with E-state index < -0.39 is 0 Å². The van der Waals surface area contributed by atoms with E-state index in [2.05, 4.69) is 0 Å². The Balaban J connectivity index is 0. The molecule has 0 N–H and O–H groups in total. The second kappa shape index (κ2) is 36.2. The van der Waals surface area contributed by atoms with E-state index in [0.717, 1.165) is 0 Å². The van der Waals surface area contributed by atoms with Crippen LogP contribution in [0.4, 0.5) is 0 Å². The van der Waals surface area contributed by atoms with Gasteiger partial charge in [0.25, 0.3) is 0 Å². The molecule has 0 aromatic rings. The first-order chi connectivity index (χ1) is 0. The summed E-state index contributed by atoms with van der Waals surface area (Å²) in [5, 5.41) is 0. The average molecular weight is 881 g/mol. The second-order valence-electron chi connectivity index (χ2n) is 0. The molecule has 0 amide bonds. The van der Waals surface area contributed by atoms with Crippen LogP contribution >= 0.6 is 0 Å². The van der Waals surface area contributed by atoms with E-state index in [9.17, 15) is 0 Å². The predicted molar refractivity (Wildman–Crippen MR) is 14.3 cm³/mol. The molecule has 0 unspecified atom stereocenters. The largest absolute Gasteiger partial charge is 0 e. The fraction of sp³-hybridized carbons (Fsp3) is 0. The summed E-state index contributed by atoms with van der Waals surface area (Å²) in [6.07, 6.45) is 0. The summed E-state index contributed by atoms with van der Waals surface area (Å²) in [4.78, 5) is 0. The summed E-state index contributed by atoms with van der Waals surface area (Å²) in [7, 11) is 0. The number of hydrogen-bond donors (Lipinski definition) is 0. The molecule has 7 heavy (non-hydrogen) atoms. The van der Waals surface area contributed by atoms with Gasteiger partial charge in [0, 0.05) is 205 Å². The first-order valence-electron chi connectivity index (χ1n) is 0. The zero-order valence-electron chi connectivity index (χ0n) is 1.85. The molecule has 0 atom stereocenters. The van der Waals surface area contributed by atoms with Crippen molar-refractivity contribution < 1.29 is 205 Å². The molecule has 0 heterocycles. The molecule has 47 valence electrons. The Morgan fingerprint density at radius 2 is 1.00 bits per heavy atom. The van der Waals surface area contributed by atoms with Crippen LogP contribution < -0.4 is 0 Å². The van der Waals surface area contributed by atoms with Crippen LogP contribution in [-0.2, 0) is 0 Å². The summed E-state index contributed by atoms with van der Waals surface area (Å²) in [5.41, 5.74) is 0. The monoisotopic (exact) mass is 881 g/mol. The topological polar surface area (TPSA) is 0 Å². The average Bonchev–Trinajstić information content (AvgIpc) is 0. The molecular formula is H2EuHoLiLuNdRbSm. The molecule has 0 saturated heterocycles. The van der Waals surface area contributed by atoms with Crippen LogP contribution in [-0.4, -0.2) is 77.0 Å². The second-order valence-corrected chi connectivity index (χ2v) is 0. The number of hydrogen-bond acceptors (Lipinski definition) is 0. The van der Waals surface area contributed by atoms with Crippen molar-refractivity contribution in [1.29, 1.82) is 0 Å². The van der Waals surface area contributed by atoms with Gasteiger partial charge in [-0.1, -0.05) is 0 Å². The van der Waals surface area contributed by atoms with Crippen LogP contribution in [0.5, 0.6) is 0 Å². The molecule has 0 aliphatic carbocycles. The van der Waals surface area contributed by atoms with Crippen LogP contribution in [0.25, 0.3) is 0 Å². The van der Waals surface area contributed by atoms with Gasteiger partial charge in [-0.25, -0.2) is 0 Å². The van der Waals surface area contributed by atoms with E-state index in [1.165, 1.54) is 0 Å². The van der Waals surface area contributed by atoms with E-state index in [1.54, 1.807) is 0 Å². The van der Waals surface area contributed by atoms with Crippen molar-refractivity contribution in [2.75, 3.05) is 0 Å². The fourth-order valence-corrected chi connectivity index (χ4v) is 0. The summed E-state index contributed by atoms with van der Waals surface area (Å²) < 4.78 is 0. The molecule has 0 aromatic heterocycles. The molecule has 0 fully saturated rings. The van der Waals surface area contributed by atoms with Crippen molar-refractivity contribution in [2.45, 2.75) is 0 Å². The zero-order chi connectivity index (χ0) is 0. The normalized spacial score (nSPS) is 0. The van der Waals surface area contributed by atoms with Gasteiger partial charge < -0.3 is 0 Å². The van der Waals surface area contributed by atoms with E-state index in [4.69, 9.17) is 0 Å². The molecule has 0 bridgehead atoms. The Kier molecular flexibility index (Phi) is 229. The Morgan fingerprint density at radius 1 is 1.00 bits per heavy atom. The van der Waals surface area contributed by atoms with Gasteiger partial charge in [0.15, 0.2) is 0 Å². The molecule has 0 rings (SSSR count). The van der Waals surface area contributed by atoms with Crippen molar-refractivity contribution in [2.24, 2.45) is 0 Å².